The fourth-order valence-corrected chi connectivity index (χ4v) is 1.79. The molecule has 2 aromatic rings. The largest absolute Gasteiger partial charge is 0.467 e. The molecule has 23 heavy (non-hydrogen) atoms. The predicted octanol–water partition coefficient (Wildman–Crippen LogP) is 2.70. The highest BCUT2D eigenvalue weighted by Crippen LogP contribution is 2.09. The molecule has 0 amide bonds. The summed E-state index contributed by atoms with van der Waals surface area (Å²) in [6, 6.07) is 3.76. The van der Waals surface area contributed by atoms with Crippen LogP contribution in [0.15, 0.2) is 32.3 Å². The molecule has 0 atom stereocenters. The number of aromatic nitrogens is 2. The maximum absolute atomic E-state index is 5.27. The number of hydrogen-bond acceptors (Lipinski definition) is 5. The topological polar surface area (TPSA) is 88.5 Å². The van der Waals surface area contributed by atoms with E-state index in [1.54, 1.807) is 6.26 Å². The van der Waals surface area contributed by atoms with E-state index in [9.17, 15) is 0 Å². The SMILES string of the molecule is CCNC(=NCc1ccco1)NCCc1nc(C(C)C)no1.I. The van der Waals surface area contributed by atoms with Gasteiger partial charge in [0.15, 0.2) is 11.8 Å². The van der Waals surface area contributed by atoms with E-state index in [4.69, 9.17) is 8.94 Å². The zero-order chi connectivity index (χ0) is 15.8. The third-order valence-electron chi connectivity index (χ3n) is 2.95. The van der Waals surface area contributed by atoms with Gasteiger partial charge in [-0.05, 0) is 19.1 Å². The summed E-state index contributed by atoms with van der Waals surface area (Å²) in [5, 5.41) is 10.4. The van der Waals surface area contributed by atoms with E-state index >= 15 is 0 Å². The van der Waals surface area contributed by atoms with Crippen LogP contribution >= 0.6 is 24.0 Å². The van der Waals surface area contributed by atoms with E-state index in [1.807, 2.05) is 32.9 Å². The molecule has 0 aliphatic rings. The van der Waals surface area contributed by atoms with Crippen LogP contribution in [-0.2, 0) is 13.0 Å². The van der Waals surface area contributed by atoms with E-state index in [0.717, 1.165) is 24.1 Å². The lowest BCUT2D eigenvalue weighted by Gasteiger charge is -2.09. The fraction of sp³-hybridized carbons (Fsp3) is 0.533. The second kappa shape index (κ2) is 10.2. The molecular weight excluding hydrogens is 409 g/mol. The average molecular weight is 433 g/mol. The summed E-state index contributed by atoms with van der Waals surface area (Å²) >= 11 is 0. The summed E-state index contributed by atoms with van der Waals surface area (Å²) < 4.78 is 10.5. The number of nitrogens with zero attached hydrogens (tertiary/aromatic N) is 3. The molecule has 0 radical (unpaired) electrons. The van der Waals surface area contributed by atoms with E-state index in [-0.39, 0.29) is 29.9 Å². The van der Waals surface area contributed by atoms with Gasteiger partial charge in [0.1, 0.15) is 12.3 Å². The molecule has 8 heteroatoms. The van der Waals surface area contributed by atoms with Crippen molar-refractivity contribution in [2.24, 2.45) is 4.99 Å². The molecular formula is C15H24IN5O2. The highest BCUT2D eigenvalue weighted by atomic mass is 127. The van der Waals surface area contributed by atoms with E-state index in [0.29, 0.717) is 25.4 Å². The van der Waals surface area contributed by atoms with Crippen molar-refractivity contribution in [3.63, 3.8) is 0 Å². The third kappa shape index (κ3) is 6.59. The van der Waals surface area contributed by atoms with Gasteiger partial charge in [-0.2, -0.15) is 4.98 Å². The number of hydrogen-bond donors (Lipinski definition) is 2. The van der Waals surface area contributed by atoms with Gasteiger partial charge in [0.25, 0.3) is 0 Å². The molecule has 0 aromatic carbocycles. The van der Waals surface area contributed by atoms with Gasteiger partial charge in [0.2, 0.25) is 5.89 Å². The molecule has 0 saturated heterocycles. The lowest BCUT2D eigenvalue weighted by atomic mass is 10.2. The van der Waals surface area contributed by atoms with Crippen LogP contribution in [0.1, 0.15) is 44.2 Å². The molecule has 0 bridgehead atoms. The van der Waals surface area contributed by atoms with Crippen LogP contribution in [0, 0.1) is 0 Å². The molecule has 0 saturated carbocycles. The number of aliphatic imine (C=N–C) groups is 1. The molecule has 2 aromatic heterocycles. The average Bonchev–Trinajstić information content (AvgIpc) is 3.16. The Morgan fingerprint density at radius 2 is 2.17 bits per heavy atom. The number of nitrogens with one attached hydrogen (secondary N) is 2. The quantitative estimate of drug-likeness (QED) is 0.397. The van der Waals surface area contributed by atoms with Crippen LogP contribution in [-0.4, -0.2) is 29.2 Å². The van der Waals surface area contributed by atoms with Crippen LogP contribution in [0.3, 0.4) is 0 Å². The van der Waals surface area contributed by atoms with Crippen molar-refractivity contribution in [1.29, 1.82) is 0 Å². The van der Waals surface area contributed by atoms with Gasteiger partial charge in [0, 0.05) is 25.4 Å². The van der Waals surface area contributed by atoms with Gasteiger partial charge in [-0.15, -0.1) is 24.0 Å². The minimum atomic E-state index is 0. The van der Waals surface area contributed by atoms with Crippen molar-refractivity contribution in [2.45, 2.75) is 39.7 Å². The number of furan rings is 1. The normalized spacial score (nSPS) is 11.4. The Morgan fingerprint density at radius 1 is 1.35 bits per heavy atom. The Kier molecular flexibility index (Phi) is 8.67. The first-order valence-corrected chi connectivity index (χ1v) is 7.56. The minimum Gasteiger partial charge on any atom is -0.467 e. The van der Waals surface area contributed by atoms with Gasteiger partial charge >= 0.3 is 0 Å². The zero-order valence-corrected chi connectivity index (χ0v) is 16.0. The summed E-state index contributed by atoms with van der Waals surface area (Å²) in [5.74, 6) is 3.22. The van der Waals surface area contributed by atoms with Gasteiger partial charge in [-0.1, -0.05) is 19.0 Å². The summed E-state index contributed by atoms with van der Waals surface area (Å²) in [5.41, 5.74) is 0. The van der Waals surface area contributed by atoms with Crippen LogP contribution in [0.2, 0.25) is 0 Å². The molecule has 7 nitrogen and oxygen atoms in total. The first-order chi connectivity index (χ1) is 10.7. The van der Waals surface area contributed by atoms with E-state index < -0.39 is 0 Å². The summed E-state index contributed by atoms with van der Waals surface area (Å²) in [4.78, 5) is 8.80. The maximum Gasteiger partial charge on any atom is 0.228 e. The van der Waals surface area contributed by atoms with Crippen LogP contribution in [0.5, 0.6) is 0 Å². The van der Waals surface area contributed by atoms with Gasteiger partial charge < -0.3 is 19.6 Å². The van der Waals surface area contributed by atoms with Gasteiger partial charge in [-0.3, -0.25) is 0 Å². The molecule has 128 valence electrons. The first-order valence-electron chi connectivity index (χ1n) is 7.56. The third-order valence-corrected chi connectivity index (χ3v) is 2.95. The lowest BCUT2D eigenvalue weighted by molar-refractivity contribution is 0.371. The Morgan fingerprint density at radius 3 is 2.78 bits per heavy atom. The number of guanidine groups is 1. The fourth-order valence-electron chi connectivity index (χ4n) is 1.79. The Balaban J connectivity index is 0.00000264. The lowest BCUT2D eigenvalue weighted by Crippen LogP contribution is -2.38. The summed E-state index contributed by atoms with van der Waals surface area (Å²) in [6.07, 6.45) is 2.30. The Bertz CT molecular complexity index is 580. The standard InChI is InChI=1S/C15H23N5O2.HI/c1-4-16-15(18-10-12-6-5-9-21-12)17-8-7-13-19-14(11(2)3)20-22-13;/h5-6,9,11H,4,7-8,10H2,1-3H3,(H2,16,17,18);1H. The second-order valence-electron chi connectivity index (χ2n) is 5.15. The summed E-state index contributed by atoms with van der Waals surface area (Å²) in [7, 11) is 0. The van der Waals surface area contributed by atoms with Crippen molar-refractivity contribution in [2.75, 3.05) is 13.1 Å². The molecule has 0 spiro atoms. The number of halogens is 1. The van der Waals surface area contributed by atoms with Crippen LogP contribution < -0.4 is 10.6 Å². The first kappa shape index (κ1) is 19.5. The monoisotopic (exact) mass is 433 g/mol. The molecule has 0 aliphatic carbocycles. The predicted molar refractivity (Wildman–Crippen MR) is 99.0 cm³/mol. The van der Waals surface area contributed by atoms with Crippen molar-refractivity contribution in [3.8, 4) is 0 Å². The highest BCUT2D eigenvalue weighted by molar-refractivity contribution is 14.0. The maximum atomic E-state index is 5.27. The Hall–Kier alpha value is -1.58. The van der Waals surface area contributed by atoms with E-state index in [2.05, 4.69) is 25.8 Å². The minimum absolute atomic E-state index is 0. The van der Waals surface area contributed by atoms with Crippen LogP contribution in [0.4, 0.5) is 0 Å². The van der Waals surface area contributed by atoms with Crippen molar-refractivity contribution in [1.82, 2.24) is 20.8 Å². The van der Waals surface area contributed by atoms with Crippen molar-refractivity contribution < 1.29 is 8.94 Å². The smallest absolute Gasteiger partial charge is 0.228 e. The highest BCUT2D eigenvalue weighted by Gasteiger charge is 2.09. The van der Waals surface area contributed by atoms with Crippen molar-refractivity contribution >= 4 is 29.9 Å². The molecule has 0 fully saturated rings. The van der Waals surface area contributed by atoms with Crippen molar-refractivity contribution in [3.05, 3.63) is 35.9 Å². The molecule has 2 rings (SSSR count). The van der Waals surface area contributed by atoms with Crippen LogP contribution in [0.25, 0.3) is 0 Å². The number of rotatable bonds is 7. The van der Waals surface area contributed by atoms with Gasteiger partial charge in [0.05, 0.1) is 6.26 Å². The Labute approximate surface area is 153 Å². The summed E-state index contributed by atoms with van der Waals surface area (Å²) in [6.45, 7) is 8.07. The molecule has 2 N–H and O–H groups in total. The molecule has 0 aliphatic heterocycles. The second-order valence-corrected chi connectivity index (χ2v) is 5.15. The molecule has 2 heterocycles. The van der Waals surface area contributed by atoms with Gasteiger partial charge in [-0.25, -0.2) is 4.99 Å². The molecule has 0 unspecified atom stereocenters. The zero-order valence-electron chi connectivity index (χ0n) is 13.7. The van der Waals surface area contributed by atoms with E-state index in [1.165, 1.54) is 0 Å².